The molecule has 1 fully saturated rings. The van der Waals surface area contributed by atoms with Gasteiger partial charge in [-0.15, -0.1) is 0 Å². The predicted molar refractivity (Wildman–Crippen MR) is 134 cm³/mol. The van der Waals surface area contributed by atoms with Crippen LogP contribution in [0.1, 0.15) is 42.0 Å². The Balaban J connectivity index is 1.71. The van der Waals surface area contributed by atoms with Crippen LogP contribution in [0.15, 0.2) is 57.0 Å². The number of nitrogens with zero attached hydrogens (tertiary/aromatic N) is 4. The first-order chi connectivity index (χ1) is 18.4. The Labute approximate surface area is 217 Å². The first-order valence-electron chi connectivity index (χ1n) is 12.0. The minimum Gasteiger partial charge on any atom is -0.449 e. The summed E-state index contributed by atoms with van der Waals surface area (Å²) in [6.45, 7) is 0.660. The van der Waals surface area contributed by atoms with Gasteiger partial charge in [0.2, 0.25) is 5.75 Å². The number of alkyl halides is 3. The maximum atomic E-state index is 13.5. The van der Waals surface area contributed by atoms with Gasteiger partial charge >= 0.3 is 23.7 Å². The second-order valence-corrected chi connectivity index (χ2v) is 9.46. The highest BCUT2D eigenvalue weighted by Crippen LogP contribution is 2.34. The zero-order valence-electron chi connectivity index (χ0n) is 20.9. The van der Waals surface area contributed by atoms with Crippen molar-refractivity contribution in [3.8, 4) is 11.4 Å². The molecule has 0 spiro atoms. The smallest absolute Gasteiger partial charge is 0.449 e. The van der Waals surface area contributed by atoms with Gasteiger partial charge in [-0.3, -0.25) is 23.1 Å². The third-order valence-corrected chi connectivity index (χ3v) is 7.21. The summed E-state index contributed by atoms with van der Waals surface area (Å²) in [5.41, 5.74) is -1.97. The molecule has 1 aliphatic carbocycles. The molecule has 10 nitrogen and oxygen atoms in total. The lowest BCUT2D eigenvalue weighted by molar-refractivity contribution is -0.138. The van der Waals surface area contributed by atoms with Crippen molar-refractivity contribution < 1.29 is 27.8 Å². The number of rotatable bonds is 5. The van der Waals surface area contributed by atoms with Crippen molar-refractivity contribution in [2.24, 2.45) is 7.05 Å². The van der Waals surface area contributed by atoms with Crippen molar-refractivity contribution >= 4 is 17.2 Å². The van der Waals surface area contributed by atoms with E-state index >= 15 is 0 Å². The Morgan fingerprint density at radius 3 is 2.41 bits per heavy atom. The fourth-order valence-corrected chi connectivity index (χ4v) is 4.90. The summed E-state index contributed by atoms with van der Waals surface area (Å²) in [7, 11) is 1.63. The highest BCUT2D eigenvalue weighted by Gasteiger charge is 2.33. The summed E-state index contributed by atoms with van der Waals surface area (Å²) >= 11 is 0. The number of halogens is 3. The van der Waals surface area contributed by atoms with Gasteiger partial charge in [0.25, 0.3) is 5.56 Å². The number of ether oxygens (including phenoxy) is 1. The van der Waals surface area contributed by atoms with E-state index in [1.807, 2.05) is 0 Å². The molecule has 2 aromatic heterocycles. The molecule has 204 valence electrons. The summed E-state index contributed by atoms with van der Waals surface area (Å²) < 4.78 is 49.7. The molecular weight excluding hydrogens is 521 g/mol. The van der Waals surface area contributed by atoms with Gasteiger partial charge in [0.05, 0.1) is 35.0 Å². The quantitative estimate of drug-likeness (QED) is 0.382. The number of carboxylic acid groups (broad SMARTS) is 1. The van der Waals surface area contributed by atoms with Gasteiger partial charge in [0.1, 0.15) is 0 Å². The molecule has 0 unspecified atom stereocenters. The van der Waals surface area contributed by atoms with Crippen LogP contribution in [-0.2, 0) is 19.8 Å². The third-order valence-electron chi connectivity index (χ3n) is 7.21. The normalized spacial score (nSPS) is 14.0. The van der Waals surface area contributed by atoms with Crippen LogP contribution in [0.4, 0.5) is 18.0 Å². The lowest BCUT2D eigenvalue weighted by atomic mass is 9.93. The fourth-order valence-electron chi connectivity index (χ4n) is 4.90. The second-order valence-electron chi connectivity index (χ2n) is 9.46. The van der Waals surface area contributed by atoms with E-state index in [2.05, 4.69) is 4.74 Å². The molecule has 39 heavy (non-hydrogen) atoms. The van der Waals surface area contributed by atoms with Crippen LogP contribution in [0.25, 0.3) is 16.7 Å². The van der Waals surface area contributed by atoms with Crippen LogP contribution in [-0.4, -0.2) is 29.5 Å². The number of hydrogen-bond acceptors (Lipinski definition) is 5. The van der Waals surface area contributed by atoms with Crippen LogP contribution in [0.2, 0.25) is 0 Å². The molecule has 0 saturated heterocycles. The average Bonchev–Trinajstić information content (AvgIpc) is 3.07. The number of fused-ring (bicyclic) bond motifs is 1. The summed E-state index contributed by atoms with van der Waals surface area (Å²) in [6.07, 6.45) is -2.92. The number of hydrogen-bond donors (Lipinski definition) is 1. The molecule has 1 saturated carbocycles. The molecule has 2 aromatic carbocycles. The van der Waals surface area contributed by atoms with E-state index in [1.54, 1.807) is 23.7 Å². The van der Waals surface area contributed by atoms with E-state index in [4.69, 9.17) is 5.11 Å². The van der Waals surface area contributed by atoms with Crippen molar-refractivity contribution in [2.45, 2.75) is 44.9 Å². The van der Waals surface area contributed by atoms with E-state index < -0.39 is 41.4 Å². The van der Waals surface area contributed by atoms with Gasteiger partial charge in [-0.05, 0) is 61.6 Å². The molecule has 1 N–H and O–H groups in total. The van der Waals surface area contributed by atoms with E-state index in [1.165, 1.54) is 23.6 Å². The topological polar surface area (TPSA) is 117 Å². The average molecular weight is 544 g/mol. The standard InChI is InChI=1S/C26H23F3N4O6/c1-14-15(5-3-8-18(14)26(27,28)29)12-32-22(34)21(39-25(37)38)13-31(24(32)36)17-9-10-19-20(11-17)33(16-6-4-7-16)23(35)30(19)2/h3,5,8-11,13,16H,4,6-7,12H2,1-2H3,(H,37,38). The van der Waals surface area contributed by atoms with E-state index in [0.29, 0.717) is 15.6 Å². The first kappa shape index (κ1) is 26.1. The van der Waals surface area contributed by atoms with Gasteiger partial charge < -0.3 is 9.84 Å². The third kappa shape index (κ3) is 4.43. The molecule has 5 rings (SSSR count). The Bertz CT molecular complexity index is 1810. The zero-order valence-corrected chi connectivity index (χ0v) is 20.9. The number of aromatic nitrogens is 4. The summed E-state index contributed by atoms with van der Waals surface area (Å²) in [4.78, 5) is 50.8. The predicted octanol–water partition coefficient (Wildman–Crippen LogP) is 3.81. The minimum atomic E-state index is -4.65. The van der Waals surface area contributed by atoms with Gasteiger partial charge in [0, 0.05) is 13.1 Å². The van der Waals surface area contributed by atoms with Crippen molar-refractivity contribution in [3.05, 3.63) is 90.6 Å². The van der Waals surface area contributed by atoms with Gasteiger partial charge in [-0.25, -0.2) is 14.4 Å². The van der Waals surface area contributed by atoms with Crippen molar-refractivity contribution in [2.75, 3.05) is 0 Å². The Kier molecular flexibility index (Phi) is 6.24. The number of benzene rings is 2. The largest absolute Gasteiger partial charge is 0.511 e. The van der Waals surface area contributed by atoms with Gasteiger partial charge in [0.15, 0.2) is 0 Å². The summed E-state index contributed by atoms with van der Waals surface area (Å²) in [6, 6.07) is 8.11. The van der Waals surface area contributed by atoms with E-state index in [0.717, 1.165) is 42.2 Å². The van der Waals surface area contributed by atoms with Crippen LogP contribution >= 0.6 is 0 Å². The monoisotopic (exact) mass is 544 g/mol. The summed E-state index contributed by atoms with van der Waals surface area (Å²) in [5.74, 6) is -0.712. The maximum absolute atomic E-state index is 13.5. The van der Waals surface area contributed by atoms with Crippen molar-refractivity contribution in [1.82, 2.24) is 18.3 Å². The number of carbonyl (C=O) groups is 1. The fraction of sp³-hybridized carbons (Fsp3) is 0.308. The highest BCUT2D eigenvalue weighted by atomic mass is 19.4. The van der Waals surface area contributed by atoms with Crippen molar-refractivity contribution in [3.63, 3.8) is 0 Å². The molecule has 0 amide bonds. The maximum Gasteiger partial charge on any atom is 0.511 e. The molecule has 1 aliphatic rings. The molecular formula is C26H23F3N4O6. The zero-order chi connectivity index (χ0) is 28.2. The Morgan fingerprint density at radius 1 is 1.08 bits per heavy atom. The molecule has 0 radical (unpaired) electrons. The molecule has 4 aromatic rings. The molecule has 0 atom stereocenters. The van der Waals surface area contributed by atoms with Crippen molar-refractivity contribution in [1.29, 1.82) is 0 Å². The number of aryl methyl sites for hydroxylation is 1. The number of imidazole rings is 1. The Hall–Kier alpha value is -4.55. The minimum absolute atomic E-state index is 0.00286. The molecule has 13 heteroatoms. The first-order valence-corrected chi connectivity index (χ1v) is 12.0. The highest BCUT2D eigenvalue weighted by molar-refractivity contribution is 5.79. The van der Waals surface area contributed by atoms with Crippen LogP contribution < -0.4 is 21.7 Å². The van der Waals surface area contributed by atoms with Crippen LogP contribution in [0.5, 0.6) is 5.75 Å². The van der Waals surface area contributed by atoms with Gasteiger partial charge in [-0.2, -0.15) is 13.2 Å². The molecule has 0 bridgehead atoms. The van der Waals surface area contributed by atoms with E-state index in [-0.39, 0.29) is 28.5 Å². The van der Waals surface area contributed by atoms with Crippen LogP contribution in [0.3, 0.4) is 0 Å². The lowest BCUT2D eigenvalue weighted by Crippen LogP contribution is -2.40. The van der Waals surface area contributed by atoms with Gasteiger partial charge in [-0.1, -0.05) is 12.1 Å². The second kappa shape index (κ2) is 9.33. The van der Waals surface area contributed by atoms with E-state index in [9.17, 15) is 32.3 Å². The Morgan fingerprint density at radius 2 is 1.79 bits per heavy atom. The molecule has 0 aliphatic heterocycles. The lowest BCUT2D eigenvalue weighted by Gasteiger charge is -2.26. The SMILES string of the molecule is Cc1c(Cn2c(=O)c(OC(=O)O)cn(-c3ccc4c(c3)n(C3CCC3)c(=O)n4C)c2=O)cccc1C(F)(F)F. The summed E-state index contributed by atoms with van der Waals surface area (Å²) in [5, 5.41) is 9.15. The molecule has 2 heterocycles. The van der Waals surface area contributed by atoms with Crippen LogP contribution in [0, 0.1) is 6.92 Å².